The lowest BCUT2D eigenvalue weighted by Gasteiger charge is -2.30. The smallest absolute Gasteiger partial charge is 0.259 e. The highest BCUT2D eigenvalue weighted by atomic mass is 16.2. The van der Waals surface area contributed by atoms with Gasteiger partial charge in [-0.2, -0.15) is 5.10 Å². The first-order valence-electron chi connectivity index (χ1n) is 8.05. The second-order valence-electron chi connectivity index (χ2n) is 6.21. The lowest BCUT2D eigenvalue weighted by atomic mass is 9.99. The molecule has 1 aliphatic rings. The summed E-state index contributed by atoms with van der Waals surface area (Å²) < 4.78 is 1.73. The molecule has 6 heteroatoms. The van der Waals surface area contributed by atoms with Crippen molar-refractivity contribution in [1.82, 2.24) is 14.8 Å². The number of nitrogens with zero attached hydrogens (tertiary/aromatic N) is 4. The molecule has 3 heterocycles. The molecular weight excluding hydrogens is 302 g/mol. The van der Waals surface area contributed by atoms with Crippen molar-refractivity contribution < 1.29 is 4.79 Å². The summed E-state index contributed by atoms with van der Waals surface area (Å²) in [6, 6.07) is 7.63. The molecular formula is C18H19N5O. The van der Waals surface area contributed by atoms with Crippen LogP contribution in [0.4, 0.5) is 11.4 Å². The molecule has 0 atom stereocenters. The Bertz CT molecular complexity index is 959. The second-order valence-corrected chi connectivity index (χ2v) is 6.21. The van der Waals surface area contributed by atoms with Gasteiger partial charge in [-0.1, -0.05) is 6.07 Å². The summed E-state index contributed by atoms with van der Waals surface area (Å²) >= 11 is 0. The summed E-state index contributed by atoms with van der Waals surface area (Å²) in [5.41, 5.74) is 11.0. The predicted molar refractivity (Wildman–Crippen MR) is 94.1 cm³/mol. The largest absolute Gasteiger partial charge is 0.398 e. The van der Waals surface area contributed by atoms with Gasteiger partial charge in [-0.25, -0.2) is 4.98 Å². The second kappa shape index (κ2) is 5.33. The average Bonchev–Trinajstić information content (AvgIpc) is 2.88. The van der Waals surface area contributed by atoms with Crippen molar-refractivity contribution >= 4 is 28.3 Å². The Kier molecular flexibility index (Phi) is 3.26. The fraction of sp³-hybridized carbons (Fsp3) is 0.278. The van der Waals surface area contributed by atoms with E-state index in [0.717, 1.165) is 46.5 Å². The third-order valence-electron chi connectivity index (χ3n) is 4.64. The molecule has 122 valence electrons. The van der Waals surface area contributed by atoms with Crippen LogP contribution in [0.3, 0.4) is 0 Å². The number of anilines is 2. The Morgan fingerprint density at radius 2 is 2.17 bits per heavy atom. The van der Waals surface area contributed by atoms with E-state index in [2.05, 4.69) is 10.1 Å². The molecule has 0 radical (unpaired) electrons. The van der Waals surface area contributed by atoms with E-state index in [1.165, 1.54) is 0 Å². The highest BCUT2D eigenvalue weighted by molar-refractivity contribution is 6.08. The van der Waals surface area contributed by atoms with Crippen LogP contribution >= 0.6 is 0 Å². The van der Waals surface area contributed by atoms with Crippen molar-refractivity contribution in [1.29, 1.82) is 0 Å². The van der Waals surface area contributed by atoms with E-state index in [9.17, 15) is 4.79 Å². The molecule has 0 saturated heterocycles. The molecule has 0 bridgehead atoms. The summed E-state index contributed by atoms with van der Waals surface area (Å²) in [6.07, 6.45) is 3.45. The van der Waals surface area contributed by atoms with Crippen molar-refractivity contribution in [2.45, 2.75) is 19.8 Å². The lowest BCUT2D eigenvalue weighted by Crippen LogP contribution is -2.35. The Morgan fingerprint density at radius 1 is 1.33 bits per heavy atom. The Hall–Kier alpha value is -2.89. The van der Waals surface area contributed by atoms with E-state index < -0.39 is 0 Å². The van der Waals surface area contributed by atoms with Gasteiger partial charge in [0.05, 0.1) is 11.3 Å². The highest BCUT2D eigenvalue weighted by Gasteiger charge is 2.25. The first-order chi connectivity index (χ1) is 11.6. The number of pyridine rings is 1. The van der Waals surface area contributed by atoms with Gasteiger partial charge in [-0.05, 0) is 43.5 Å². The maximum Gasteiger partial charge on any atom is 0.259 e. The molecule has 1 amide bonds. The quantitative estimate of drug-likeness (QED) is 0.698. The molecule has 2 aromatic heterocycles. The SMILES string of the molecule is Cc1nn(C)c2ncc(C(=O)N3CCCc4c(N)cccc43)cc12. The molecule has 24 heavy (non-hydrogen) atoms. The van der Waals surface area contributed by atoms with Gasteiger partial charge in [0, 0.05) is 36.6 Å². The van der Waals surface area contributed by atoms with Crippen LogP contribution in [0.2, 0.25) is 0 Å². The zero-order valence-electron chi connectivity index (χ0n) is 13.8. The highest BCUT2D eigenvalue weighted by Crippen LogP contribution is 2.32. The van der Waals surface area contributed by atoms with Crippen molar-refractivity contribution in [3.05, 3.63) is 47.3 Å². The fourth-order valence-electron chi connectivity index (χ4n) is 3.44. The Balaban J connectivity index is 1.78. The molecule has 0 aliphatic carbocycles. The summed E-state index contributed by atoms with van der Waals surface area (Å²) in [4.78, 5) is 19.3. The molecule has 4 rings (SSSR count). The van der Waals surface area contributed by atoms with Gasteiger partial charge < -0.3 is 10.6 Å². The third-order valence-corrected chi connectivity index (χ3v) is 4.64. The number of nitrogens with two attached hydrogens (primary N) is 1. The normalized spacial score (nSPS) is 14.0. The van der Waals surface area contributed by atoms with Crippen molar-refractivity contribution in [2.75, 3.05) is 17.2 Å². The number of aryl methyl sites for hydroxylation is 2. The van der Waals surface area contributed by atoms with E-state index in [0.29, 0.717) is 12.1 Å². The number of hydrogen-bond donors (Lipinski definition) is 1. The van der Waals surface area contributed by atoms with Gasteiger partial charge in [0.2, 0.25) is 0 Å². The first kappa shape index (κ1) is 14.7. The molecule has 6 nitrogen and oxygen atoms in total. The molecule has 0 spiro atoms. The lowest BCUT2D eigenvalue weighted by molar-refractivity contribution is 0.0985. The van der Waals surface area contributed by atoms with Crippen LogP contribution in [0, 0.1) is 6.92 Å². The maximum atomic E-state index is 13.1. The zero-order chi connectivity index (χ0) is 16.8. The molecule has 3 aromatic rings. The number of amides is 1. The minimum atomic E-state index is -0.0424. The molecule has 0 fully saturated rings. The number of fused-ring (bicyclic) bond motifs is 2. The van der Waals surface area contributed by atoms with Crippen molar-refractivity contribution in [3.63, 3.8) is 0 Å². The van der Waals surface area contributed by atoms with Crippen molar-refractivity contribution in [3.8, 4) is 0 Å². The molecule has 1 aromatic carbocycles. The summed E-state index contributed by atoms with van der Waals surface area (Å²) in [7, 11) is 1.85. The number of hydrogen-bond acceptors (Lipinski definition) is 4. The maximum absolute atomic E-state index is 13.1. The number of carbonyl (C=O) groups excluding carboxylic acids is 1. The third kappa shape index (κ3) is 2.14. The number of nitrogen functional groups attached to an aromatic ring is 1. The summed E-state index contributed by atoms with van der Waals surface area (Å²) in [5, 5.41) is 5.27. The summed E-state index contributed by atoms with van der Waals surface area (Å²) in [6.45, 7) is 2.62. The van der Waals surface area contributed by atoms with Crippen LogP contribution in [-0.4, -0.2) is 27.2 Å². The topological polar surface area (TPSA) is 77.0 Å². The first-order valence-corrected chi connectivity index (χ1v) is 8.05. The van der Waals surface area contributed by atoms with E-state index in [4.69, 9.17) is 5.73 Å². The molecule has 1 aliphatic heterocycles. The minimum absolute atomic E-state index is 0.0424. The monoisotopic (exact) mass is 321 g/mol. The number of aromatic nitrogens is 3. The van der Waals surface area contributed by atoms with Crippen LogP contribution < -0.4 is 10.6 Å². The Morgan fingerprint density at radius 3 is 3.00 bits per heavy atom. The molecule has 2 N–H and O–H groups in total. The van der Waals surface area contributed by atoms with Gasteiger partial charge in [0.1, 0.15) is 0 Å². The molecule has 0 unspecified atom stereocenters. The van der Waals surface area contributed by atoms with Crippen LogP contribution in [0.15, 0.2) is 30.5 Å². The van der Waals surface area contributed by atoms with Crippen LogP contribution in [0.25, 0.3) is 11.0 Å². The standard InChI is InChI=1S/C18H19N5O/c1-11-14-9-12(10-20-17(14)22(2)21-11)18(24)23-8-4-5-13-15(19)6-3-7-16(13)23/h3,6-7,9-10H,4-5,8,19H2,1-2H3. The van der Waals surface area contributed by atoms with Crippen LogP contribution in [0.5, 0.6) is 0 Å². The van der Waals surface area contributed by atoms with E-state index in [-0.39, 0.29) is 5.91 Å². The van der Waals surface area contributed by atoms with Gasteiger partial charge in [-0.3, -0.25) is 9.48 Å². The summed E-state index contributed by atoms with van der Waals surface area (Å²) in [5.74, 6) is -0.0424. The molecule has 0 saturated carbocycles. The van der Waals surface area contributed by atoms with E-state index in [1.807, 2.05) is 43.1 Å². The number of rotatable bonds is 1. The van der Waals surface area contributed by atoms with Gasteiger partial charge in [0.15, 0.2) is 5.65 Å². The zero-order valence-corrected chi connectivity index (χ0v) is 13.8. The predicted octanol–water partition coefficient (Wildman–Crippen LogP) is 2.45. The van der Waals surface area contributed by atoms with Gasteiger partial charge >= 0.3 is 0 Å². The van der Waals surface area contributed by atoms with Crippen LogP contribution in [-0.2, 0) is 13.5 Å². The van der Waals surface area contributed by atoms with Gasteiger partial charge in [0.25, 0.3) is 5.91 Å². The number of carbonyl (C=O) groups is 1. The van der Waals surface area contributed by atoms with Crippen LogP contribution in [0.1, 0.15) is 28.0 Å². The van der Waals surface area contributed by atoms with E-state index >= 15 is 0 Å². The van der Waals surface area contributed by atoms with Gasteiger partial charge in [-0.15, -0.1) is 0 Å². The fourth-order valence-corrected chi connectivity index (χ4v) is 3.44. The van der Waals surface area contributed by atoms with E-state index in [1.54, 1.807) is 10.9 Å². The number of benzene rings is 1. The average molecular weight is 321 g/mol. The Labute approximate surface area is 139 Å². The van der Waals surface area contributed by atoms with Crippen molar-refractivity contribution in [2.24, 2.45) is 7.05 Å². The minimum Gasteiger partial charge on any atom is -0.398 e.